The van der Waals surface area contributed by atoms with Crippen molar-refractivity contribution >= 4 is 33.0 Å². The average molecular weight is 388 g/mol. The zero-order valence-corrected chi connectivity index (χ0v) is 16.0. The SMILES string of the molecule is c1ccc2c(c1)OCc1nc3cc(-c4cccc5oc6ccccc6c45)ccc3n1-2. The lowest BCUT2D eigenvalue weighted by molar-refractivity contribution is 0.280. The van der Waals surface area contributed by atoms with Gasteiger partial charge in [-0.2, -0.15) is 0 Å². The molecule has 1 aliphatic heterocycles. The maximum Gasteiger partial charge on any atom is 0.152 e. The van der Waals surface area contributed by atoms with Crippen molar-refractivity contribution < 1.29 is 9.15 Å². The number of para-hydroxylation sites is 3. The summed E-state index contributed by atoms with van der Waals surface area (Å²) in [6.07, 6.45) is 0. The Kier molecular flexibility index (Phi) is 3.03. The van der Waals surface area contributed by atoms with E-state index in [1.54, 1.807) is 0 Å². The summed E-state index contributed by atoms with van der Waals surface area (Å²) in [4.78, 5) is 4.88. The number of aromatic nitrogens is 2. The summed E-state index contributed by atoms with van der Waals surface area (Å²) in [6, 6.07) is 29.0. The maximum absolute atomic E-state index is 6.07. The fourth-order valence-corrected chi connectivity index (χ4v) is 4.58. The zero-order chi connectivity index (χ0) is 19.7. The van der Waals surface area contributed by atoms with Gasteiger partial charge >= 0.3 is 0 Å². The normalized spacial score (nSPS) is 12.8. The van der Waals surface area contributed by atoms with Gasteiger partial charge < -0.3 is 9.15 Å². The van der Waals surface area contributed by atoms with Gasteiger partial charge in [0, 0.05) is 10.8 Å². The highest BCUT2D eigenvalue weighted by Crippen LogP contribution is 2.38. The Morgan fingerprint density at radius 2 is 1.67 bits per heavy atom. The highest BCUT2D eigenvalue weighted by molar-refractivity contribution is 6.12. The Balaban J connectivity index is 1.48. The predicted molar refractivity (Wildman–Crippen MR) is 118 cm³/mol. The number of rotatable bonds is 1. The first-order valence-corrected chi connectivity index (χ1v) is 10.0. The van der Waals surface area contributed by atoms with E-state index in [1.807, 2.05) is 42.5 Å². The van der Waals surface area contributed by atoms with Crippen molar-refractivity contribution in [2.75, 3.05) is 0 Å². The molecule has 142 valence electrons. The van der Waals surface area contributed by atoms with E-state index in [9.17, 15) is 0 Å². The summed E-state index contributed by atoms with van der Waals surface area (Å²) in [7, 11) is 0. The molecule has 2 aromatic heterocycles. The van der Waals surface area contributed by atoms with Crippen LogP contribution in [0.1, 0.15) is 5.82 Å². The van der Waals surface area contributed by atoms with Gasteiger partial charge in [0.15, 0.2) is 5.82 Å². The fourth-order valence-electron chi connectivity index (χ4n) is 4.58. The van der Waals surface area contributed by atoms with Gasteiger partial charge in [-0.05, 0) is 47.5 Å². The second-order valence-electron chi connectivity index (χ2n) is 7.60. The van der Waals surface area contributed by atoms with E-state index in [0.717, 1.165) is 61.4 Å². The van der Waals surface area contributed by atoms with Crippen molar-refractivity contribution in [2.24, 2.45) is 0 Å². The lowest BCUT2D eigenvalue weighted by Crippen LogP contribution is -2.12. The third-order valence-electron chi connectivity index (χ3n) is 5.90. The van der Waals surface area contributed by atoms with Gasteiger partial charge in [0.2, 0.25) is 0 Å². The van der Waals surface area contributed by atoms with Crippen molar-refractivity contribution in [3.63, 3.8) is 0 Å². The smallest absolute Gasteiger partial charge is 0.152 e. The van der Waals surface area contributed by atoms with Crippen LogP contribution in [0, 0.1) is 0 Å². The number of furan rings is 1. The summed E-state index contributed by atoms with van der Waals surface area (Å²) in [5.41, 5.74) is 7.19. The molecule has 0 radical (unpaired) electrons. The standard InChI is InChI=1S/C26H16N2O2/c1-3-9-22-18(6-1)26-17(7-5-11-24(26)30-22)16-12-13-20-19(14-16)27-25-15-29-23-10-4-2-8-21(23)28(20)25/h1-14H,15H2. The van der Waals surface area contributed by atoms with Crippen LogP contribution in [-0.2, 0) is 6.61 Å². The van der Waals surface area contributed by atoms with Crippen LogP contribution in [0.5, 0.6) is 5.75 Å². The Morgan fingerprint density at radius 1 is 0.800 bits per heavy atom. The van der Waals surface area contributed by atoms with Crippen LogP contribution in [0.25, 0.3) is 49.8 Å². The molecule has 0 fully saturated rings. The molecule has 0 aliphatic carbocycles. The minimum Gasteiger partial charge on any atom is -0.483 e. The van der Waals surface area contributed by atoms with E-state index in [0.29, 0.717) is 6.61 Å². The van der Waals surface area contributed by atoms with Crippen molar-refractivity contribution in [2.45, 2.75) is 6.61 Å². The molecule has 1 aliphatic rings. The molecule has 0 bridgehead atoms. The number of hydrogen-bond acceptors (Lipinski definition) is 3. The van der Waals surface area contributed by atoms with E-state index in [1.165, 1.54) is 0 Å². The summed E-state index contributed by atoms with van der Waals surface area (Å²) in [5, 5.41) is 2.28. The summed E-state index contributed by atoms with van der Waals surface area (Å²) < 4.78 is 14.2. The number of imidazole rings is 1. The van der Waals surface area contributed by atoms with E-state index in [4.69, 9.17) is 14.1 Å². The number of benzene rings is 4. The number of nitrogens with zero attached hydrogens (tertiary/aromatic N) is 2. The van der Waals surface area contributed by atoms with E-state index in [-0.39, 0.29) is 0 Å². The highest BCUT2D eigenvalue weighted by atomic mass is 16.5. The molecular formula is C26H16N2O2. The molecule has 0 atom stereocenters. The van der Waals surface area contributed by atoms with Gasteiger partial charge in [-0.15, -0.1) is 0 Å². The molecule has 7 rings (SSSR count). The van der Waals surface area contributed by atoms with Crippen molar-refractivity contribution in [1.82, 2.24) is 9.55 Å². The predicted octanol–water partition coefficient (Wildman–Crippen LogP) is 6.48. The van der Waals surface area contributed by atoms with Crippen LogP contribution in [-0.4, -0.2) is 9.55 Å². The second kappa shape index (κ2) is 5.74. The van der Waals surface area contributed by atoms with Gasteiger partial charge in [-0.1, -0.05) is 48.5 Å². The lowest BCUT2D eigenvalue weighted by atomic mass is 9.99. The number of ether oxygens (including phenoxy) is 1. The number of fused-ring (bicyclic) bond motifs is 8. The summed E-state index contributed by atoms with van der Waals surface area (Å²) in [5.74, 6) is 1.82. The van der Waals surface area contributed by atoms with Gasteiger partial charge in [0.25, 0.3) is 0 Å². The van der Waals surface area contributed by atoms with Crippen LogP contribution in [0.15, 0.2) is 89.3 Å². The number of hydrogen-bond donors (Lipinski definition) is 0. The van der Waals surface area contributed by atoms with Crippen LogP contribution in [0.4, 0.5) is 0 Å². The summed E-state index contributed by atoms with van der Waals surface area (Å²) >= 11 is 0. The van der Waals surface area contributed by atoms with Gasteiger partial charge in [0.05, 0.1) is 16.7 Å². The first kappa shape index (κ1) is 15.8. The van der Waals surface area contributed by atoms with Crippen LogP contribution < -0.4 is 4.74 Å². The molecule has 30 heavy (non-hydrogen) atoms. The monoisotopic (exact) mass is 388 g/mol. The Morgan fingerprint density at radius 3 is 2.67 bits per heavy atom. The van der Waals surface area contributed by atoms with Crippen molar-refractivity contribution in [3.05, 3.63) is 90.8 Å². The topological polar surface area (TPSA) is 40.2 Å². The van der Waals surface area contributed by atoms with Gasteiger partial charge in [-0.25, -0.2) is 4.98 Å². The largest absolute Gasteiger partial charge is 0.483 e. The van der Waals surface area contributed by atoms with Gasteiger partial charge in [0.1, 0.15) is 23.5 Å². The highest BCUT2D eigenvalue weighted by Gasteiger charge is 2.21. The van der Waals surface area contributed by atoms with Crippen LogP contribution in [0.3, 0.4) is 0 Å². The molecule has 0 unspecified atom stereocenters. The Labute approximate surface area is 171 Å². The van der Waals surface area contributed by atoms with Crippen molar-refractivity contribution in [3.8, 4) is 22.6 Å². The quantitative estimate of drug-likeness (QED) is 0.323. The minimum atomic E-state index is 0.475. The second-order valence-corrected chi connectivity index (χ2v) is 7.60. The fraction of sp³-hybridized carbons (Fsp3) is 0.0385. The molecule has 3 heterocycles. The minimum absolute atomic E-state index is 0.475. The van der Waals surface area contributed by atoms with E-state index < -0.39 is 0 Å². The Hall–Kier alpha value is -4.05. The molecule has 4 aromatic carbocycles. The molecule has 4 heteroatoms. The van der Waals surface area contributed by atoms with E-state index >= 15 is 0 Å². The van der Waals surface area contributed by atoms with E-state index in [2.05, 4.69) is 47.0 Å². The molecule has 0 spiro atoms. The van der Waals surface area contributed by atoms with Crippen LogP contribution in [0.2, 0.25) is 0 Å². The Bertz CT molecular complexity index is 1610. The van der Waals surface area contributed by atoms with Gasteiger partial charge in [-0.3, -0.25) is 4.57 Å². The molecular weight excluding hydrogens is 372 g/mol. The van der Waals surface area contributed by atoms with Crippen molar-refractivity contribution in [1.29, 1.82) is 0 Å². The molecule has 0 saturated heterocycles. The third-order valence-corrected chi connectivity index (χ3v) is 5.90. The van der Waals surface area contributed by atoms with Crippen LogP contribution >= 0.6 is 0 Å². The third kappa shape index (κ3) is 2.08. The lowest BCUT2D eigenvalue weighted by Gasteiger charge is -2.19. The molecule has 0 amide bonds. The summed E-state index contributed by atoms with van der Waals surface area (Å²) in [6.45, 7) is 0.475. The zero-order valence-electron chi connectivity index (χ0n) is 16.0. The molecule has 6 aromatic rings. The molecule has 0 saturated carbocycles. The molecule has 0 N–H and O–H groups in total. The first-order valence-electron chi connectivity index (χ1n) is 10.0. The molecule has 4 nitrogen and oxygen atoms in total. The average Bonchev–Trinajstić information content (AvgIpc) is 3.36. The first-order chi connectivity index (χ1) is 14.9. The maximum atomic E-state index is 6.07.